The van der Waals surface area contributed by atoms with E-state index in [4.69, 9.17) is 9.47 Å². The largest absolute Gasteiger partial charge is 0.490 e. The van der Waals surface area contributed by atoms with E-state index in [9.17, 15) is 15.2 Å². The van der Waals surface area contributed by atoms with Crippen molar-refractivity contribution in [2.24, 2.45) is 5.92 Å². The molecule has 2 aromatic rings. The number of benzene rings is 1. The molecule has 1 aliphatic heterocycles. The van der Waals surface area contributed by atoms with Crippen LogP contribution in [0.15, 0.2) is 30.6 Å². The molecule has 1 aromatic heterocycles. The Morgan fingerprint density at radius 1 is 1.34 bits per heavy atom. The molecule has 2 heterocycles. The first kappa shape index (κ1) is 23.4. The number of rotatable bonds is 6. The lowest BCUT2D eigenvalue weighted by Gasteiger charge is -2.40. The molecule has 32 heavy (non-hydrogen) atoms. The monoisotopic (exact) mass is 437 g/mol. The van der Waals surface area contributed by atoms with Gasteiger partial charge in [-0.1, -0.05) is 13.8 Å². The van der Waals surface area contributed by atoms with E-state index in [1.165, 1.54) is 4.90 Å². The number of hydrogen-bond acceptors (Lipinski definition) is 5. The summed E-state index contributed by atoms with van der Waals surface area (Å²) in [6, 6.07) is 7.27. The van der Waals surface area contributed by atoms with Crippen molar-refractivity contribution in [2.75, 3.05) is 6.61 Å². The molecule has 0 fully saturated rings. The van der Waals surface area contributed by atoms with Gasteiger partial charge in [-0.25, -0.2) is 4.79 Å². The Hall–Kier alpha value is -3.27. The van der Waals surface area contributed by atoms with Crippen molar-refractivity contribution >= 4 is 6.09 Å². The highest BCUT2D eigenvalue weighted by atomic mass is 16.5. The summed E-state index contributed by atoms with van der Waals surface area (Å²) in [5, 5.41) is 19.6. The first-order valence-corrected chi connectivity index (χ1v) is 10.9. The summed E-state index contributed by atoms with van der Waals surface area (Å²) in [7, 11) is 0. The number of pyridine rings is 1. The molecule has 2 atom stereocenters. The summed E-state index contributed by atoms with van der Waals surface area (Å²) in [6.45, 7) is 11.8. The minimum atomic E-state index is -0.986. The maximum atomic E-state index is 12.0. The van der Waals surface area contributed by atoms with Gasteiger partial charge in [-0.2, -0.15) is 5.26 Å². The Labute approximate surface area is 189 Å². The minimum Gasteiger partial charge on any atom is -0.490 e. The molecular formula is C25H31N3O4. The van der Waals surface area contributed by atoms with Gasteiger partial charge in [0.25, 0.3) is 0 Å². The molecule has 0 saturated carbocycles. The fourth-order valence-electron chi connectivity index (χ4n) is 4.27. The average molecular weight is 438 g/mol. The molecule has 1 aliphatic rings. The van der Waals surface area contributed by atoms with Crippen LogP contribution < -0.4 is 9.47 Å². The van der Waals surface area contributed by atoms with Gasteiger partial charge in [0.2, 0.25) is 0 Å². The van der Waals surface area contributed by atoms with Crippen LogP contribution in [-0.4, -0.2) is 39.3 Å². The van der Waals surface area contributed by atoms with E-state index in [-0.39, 0.29) is 24.7 Å². The highest BCUT2D eigenvalue weighted by molar-refractivity contribution is 5.78. The number of nitriles is 1. The number of ether oxygens (including phenoxy) is 2. The summed E-state index contributed by atoms with van der Waals surface area (Å²) in [5.74, 6) is 1.31. The Morgan fingerprint density at radius 2 is 2.06 bits per heavy atom. The first-order chi connectivity index (χ1) is 15.0. The van der Waals surface area contributed by atoms with Crippen LogP contribution in [0.4, 0.5) is 4.79 Å². The summed E-state index contributed by atoms with van der Waals surface area (Å²) in [6.07, 6.45) is 2.98. The number of amides is 1. The van der Waals surface area contributed by atoms with Crippen molar-refractivity contribution < 1.29 is 19.4 Å². The molecule has 1 unspecified atom stereocenters. The van der Waals surface area contributed by atoms with Crippen LogP contribution in [-0.2, 0) is 0 Å². The number of hydrogen-bond donors (Lipinski definition) is 1. The molecule has 1 aromatic carbocycles. The highest BCUT2D eigenvalue weighted by Crippen LogP contribution is 2.44. The van der Waals surface area contributed by atoms with Crippen molar-refractivity contribution in [3.63, 3.8) is 0 Å². The average Bonchev–Trinajstić information content (AvgIpc) is 2.70. The van der Waals surface area contributed by atoms with Crippen molar-refractivity contribution in [2.45, 2.75) is 65.6 Å². The number of fused-ring (bicyclic) bond motifs is 3. The van der Waals surface area contributed by atoms with E-state index in [1.54, 1.807) is 24.5 Å². The van der Waals surface area contributed by atoms with Gasteiger partial charge in [-0.3, -0.25) is 9.88 Å². The number of carbonyl (C=O) groups is 1. The maximum Gasteiger partial charge on any atom is 0.408 e. The predicted molar refractivity (Wildman–Crippen MR) is 122 cm³/mol. The standard InChI is InChI=1S/C25H31N3O4/c1-15(2)9-18(28(24(29)30)25(4,5)6)14-31-22-11-23-20(10-17(22)12-26)19-7-8-27-13-21(19)16(3)32-23/h7-8,10-11,13,15-16,18H,9,14H2,1-6H3,(H,29,30)/t16?,18-/m0/s1. The number of nitrogens with zero attached hydrogens (tertiary/aromatic N) is 3. The minimum absolute atomic E-state index is 0.144. The lowest BCUT2D eigenvalue weighted by molar-refractivity contribution is 0.0432. The molecule has 1 N–H and O–H groups in total. The van der Waals surface area contributed by atoms with E-state index in [2.05, 4.69) is 24.9 Å². The lowest BCUT2D eigenvalue weighted by atomic mass is 9.93. The smallest absolute Gasteiger partial charge is 0.408 e. The molecular weight excluding hydrogens is 406 g/mol. The van der Waals surface area contributed by atoms with E-state index in [1.807, 2.05) is 33.8 Å². The zero-order valence-electron chi connectivity index (χ0n) is 19.5. The third-order valence-electron chi connectivity index (χ3n) is 5.55. The van der Waals surface area contributed by atoms with Gasteiger partial charge >= 0.3 is 6.09 Å². The summed E-state index contributed by atoms with van der Waals surface area (Å²) in [5.41, 5.74) is 2.57. The van der Waals surface area contributed by atoms with Crippen LogP contribution in [0, 0.1) is 17.2 Å². The van der Waals surface area contributed by atoms with E-state index in [0.717, 1.165) is 16.7 Å². The van der Waals surface area contributed by atoms with Crippen LogP contribution in [0.25, 0.3) is 11.1 Å². The molecule has 7 heteroatoms. The van der Waals surface area contributed by atoms with E-state index < -0.39 is 11.6 Å². The van der Waals surface area contributed by atoms with Gasteiger partial charge in [-0.05, 0) is 57.7 Å². The molecule has 170 valence electrons. The number of carboxylic acid groups (broad SMARTS) is 1. The fourth-order valence-corrected chi connectivity index (χ4v) is 4.27. The zero-order chi connectivity index (χ0) is 23.6. The van der Waals surface area contributed by atoms with Crippen molar-refractivity contribution in [1.82, 2.24) is 9.88 Å². The van der Waals surface area contributed by atoms with Crippen LogP contribution in [0.5, 0.6) is 11.5 Å². The fraction of sp³-hybridized carbons (Fsp3) is 0.480. The third-order valence-corrected chi connectivity index (χ3v) is 5.55. The van der Waals surface area contributed by atoms with Crippen molar-refractivity contribution in [1.29, 1.82) is 5.26 Å². The molecule has 3 rings (SSSR count). The second-order valence-corrected chi connectivity index (χ2v) is 9.60. The van der Waals surface area contributed by atoms with Gasteiger partial charge in [-0.15, -0.1) is 0 Å². The van der Waals surface area contributed by atoms with Crippen LogP contribution in [0.3, 0.4) is 0 Å². The van der Waals surface area contributed by atoms with Crippen molar-refractivity contribution in [3.05, 3.63) is 41.7 Å². The molecule has 0 aliphatic carbocycles. The Morgan fingerprint density at radius 3 is 2.66 bits per heavy atom. The molecule has 1 amide bonds. The van der Waals surface area contributed by atoms with Crippen LogP contribution in [0.2, 0.25) is 0 Å². The molecule has 0 spiro atoms. The normalized spacial score (nSPS) is 15.8. The Balaban J connectivity index is 1.94. The molecule has 7 nitrogen and oxygen atoms in total. The molecule has 0 saturated heterocycles. The van der Waals surface area contributed by atoms with Gasteiger partial charge in [0.15, 0.2) is 0 Å². The lowest BCUT2D eigenvalue weighted by Crippen LogP contribution is -2.53. The molecule has 0 radical (unpaired) electrons. The van der Waals surface area contributed by atoms with Crippen molar-refractivity contribution in [3.8, 4) is 28.7 Å². The first-order valence-electron chi connectivity index (χ1n) is 10.9. The zero-order valence-corrected chi connectivity index (χ0v) is 19.5. The Bertz CT molecular complexity index is 1040. The second-order valence-electron chi connectivity index (χ2n) is 9.60. The molecule has 0 bridgehead atoms. The quantitative estimate of drug-likeness (QED) is 0.628. The maximum absolute atomic E-state index is 12.0. The topological polar surface area (TPSA) is 95.7 Å². The van der Waals surface area contributed by atoms with Gasteiger partial charge < -0.3 is 14.6 Å². The number of aromatic nitrogens is 1. The Kier molecular flexibility index (Phi) is 6.63. The van der Waals surface area contributed by atoms with Gasteiger partial charge in [0.1, 0.15) is 30.3 Å². The second kappa shape index (κ2) is 9.07. The van der Waals surface area contributed by atoms with Gasteiger partial charge in [0.05, 0.1) is 11.6 Å². The van der Waals surface area contributed by atoms with E-state index >= 15 is 0 Å². The SMILES string of the molecule is CC(C)C[C@@H](COc1cc2c(cc1C#N)-c1ccncc1C(C)O2)N(C(=O)O)C(C)(C)C. The predicted octanol–water partition coefficient (Wildman–Crippen LogP) is 5.65. The third kappa shape index (κ3) is 4.80. The summed E-state index contributed by atoms with van der Waals surface area (Å²) in [4.78, 5) is 17.7. The highest BCUT2D eigenvalue weighted by Gasteiger charge is 2.34. The summed E-state index contributed by atoms with van der Waals surface area (Å²) < 4.78 is 12.2. The summed E-state index contributed by atoms with van der Waals surface area (Å²) >= 11 is 0. The van der Waals surface area contributed by atoms with Crippen LogP contribution >= 0.6 is 0 Å². The van der Waals surface area contributed by atoms with Gasteiger partial charge in [0, 0.05) is 35.1 Å². The van der Waals surface area contributed by atoms with E-state index in [0.29, 0.717) is 23.5 Å². The van der Waals surface area contributed by atoms with Crippen LogP contribution in [0.1, 0.15) is 65.2 Å².